The number of carbonyl (C=O) groups is 4. The van der Waals surface area contributed by atoms with Gasteiger partial charge in [-0.2, -0.15) is 5.26 Å². The van der Waals surface area contributed by atoms with E-state index in [1.807, 2.05) is 18.0 Å². The van der Waals surface area contributed by atoms with Gasteiger partial charge in [0.2, 0.25) is 11.8 Å². The van der Waals surface area contributed by atoms with E-state index in [4.69, 9.17) is 28.9 Å². The van der Waals surface area contributed by atoms with Crippen LogP contribution < -0.4 is 20.9 Å². The Morgan fingerprint density at radius 3 is 2.34 bits per heavy atom. The molecule has 4 fully saturated rings. The number of hydrogen-bond acceptors (Lipinski definition) is 17. The van der Waals surface area contributed by atoms with Crippen molar-refractivity contribution < 1.29 is 63.3 Å². The molecule has 22 heteroatoms. The Bertz CT molecular complexity index is 1910. The second-order valence-corrected chi connectivity index (χ2v) is 16.1. The van der Waals surface area contributed by atoms with Gasteiger partial charge < -0.3 is 69.9 Å². The third kappa shape index (κ3) is 9.74. The highest BCUT2D eigenvalue weighted by molar-refractivity contribution is 5.95. The summed E-state index contributed by atoms with van der Waals surface area (Å²) in [4.78, 5) is 65.3. The normalized spacial score (nSPS) is 34.3. The lowest BCUT2D eigenvalue weighted by Crippen LogP contribution is -2.69. The van der Waals surface area contributed by atoms with Crippen LogP contribution in [0, 0.1) is 17.2 Å². The number of ether oxygens (including phenoxy) is 5. The number of aromatic nitrogens is 3. The number of fused-ring (bicyclic) bond motifs is 1. The van der Waals surface area contributed by atoms with E-state index in [1.165, 1.54) is 32.0 Å². The van der Waals surface area contributed by atoms with E-state index in [9.17, 15) is 39.6 Å². The van der Waals surface area contributed by atoms with Crippen LogP contribution in [-0.2, 0) is 38.1 Å². The van der Waals surface area contributed by atoms with Gasteiger partial charge in [-0.05, 0) is 31.2 Å². The molecule has 336 valence electrons. The number of likely N-dealkylation sites (N-methyl/N-ethyl adjacent to an activating group) is 1. The zero-order chi connectivity index (χ0) is 44.1. The average molecular weight is 860 g/mol. The molecule has 3 saturated heterocycles. The number of anilines is 1. The molecule has 61 heavy (non-hydrogen) atoms. The molecule has 0 spiro atoms. The number of nitriles is 1. The quantitative estimate of drug-likeness (QED) is 0.122. The van der Waals surface area contributed by atoms with Crippen molar-refractivity contribution in [2.45, 2.75) is 132 Å². The van der Waals surface area contributed by atoms with Crippen LogP contribution in [0.1, 0.15) is 52.4 Å². The molecule has 1 aliphatic carbocycles. The van der Waals surface area contributed by atoms with Crippen LogP contribution in [0.15, 0.2) is 18.6 Å². The highest BCUT2D eigenvalue weighted by Crippen LogP contribution is 2.32. The van der Waals surface area contributed by atoms with Gasteiger partial charge in [0.1, 0.15) is 61.2 Å². The van der Waals surface area contributed by atoms with Gasteiger partial charge in [-0.3, -0.25) is 19.0 Å². The van der Waals surface area contributed by atoms with E-state index >= 15 is 0 Å². The molecule has 22 nitrogen and oxygen atoms in total. The lowest BCUT2D eigenvalue weighted by molar-refractivity contribution is -0.338. The lowest BCUT2D eigenvalue weighted by Gasteiger charge is -2.47. The first-order chi connectivity index (χ1) is 29.2. The van der Waals surface area contributed by atoms with Crippen molar-refractivity contribution in [3.63, 3.8) is 0 Å². The van der Waals surface area contributed by atoms with Gasteiger partial charge in [0.25, 0.3) is 5.91 Å². The average Bonchev–Trinajstić information content (AvgIpc) is 3.69. The summed E-state index contributed by atoms with van der Waals surface area (Å²) in [5.74, 6) is -0.702. The van der Waals surface area contributed by atoms with Crippen molar-refractivity contribution in [1.82, 2.24) is 35.4 Å². The van der Waals surface area contributed by atoms with E-state index in [1.54, 1.807) is 17.2 Å². The molecule has 0 bridgehead atoms. The highest BCUT2D eigenvalue weighted by Gasteiger charge is 2.53. The van der Waals surface area contributed by atoms with Crippen LogP contribution in [0.3, 0.4) is 0 Å². The fraction of sp³-hybridized carbons (Fsp3) is 0.718. The maximum atomic E-state index is 14.1. The van der Waals surface area contributed by atoms with Crippen LogP contribution >= 0.6 is 0 Å². The topological polar surface area (TPSA) is 292 Å². The van der Waals surface area contributed by atoms with Crippen molar-refractivity contribution >= 4 is 40.6 Å². The minimum atomic E-state index is -1.79. The molecule has 14 atom stereocenters. The summed E-state index contributed by atoms with van der Waals surface area (Å²) in [6, 6.07) is 0.766. The van der Waals surface area contributed by atoms with Crippen molar-refractivity contribution in [1.29, 1.82) is 5.26 Å². The Labute approximate surface area is 352 Å². The number of nitrogens with one attached hydrogen (secondary N) is 3. The predicted molar refractivity (Wildman–Crippen MR) is 211 cm³/mol. The Hall–Kier alpha value is -4.57. The Balaban J connectivity index is 1.16. The fourth-order valence-corrected chi connectivity index (χ4v) is 8.87. The Kier molecular flexibility index (Phi) is 15.1. The number of hydrogen-bond donors (Lipinski definition) is 7. The van der Waals surface area contributed by atoms with E-state index in [0.717, 1.165) is 19.3 Å². The summed E-state index contributed by atoms with van der Waals surface area (Å²) in [6.07, 6.45) is -7.58. The van der Waals surface area contributed by atoms with Crippen molar-refractivity contribution in [3.8, 4) is 6.07 Å². The maximum absolute atomic E-state index is 14.1. The number of aliphatic hydroxyl groups is 4. The summed E-state index contributed by atoms with van der Waals surface area (Å²) in [7, 11) is 4.40. The minimum absolute atomic E-state index is 0.105. The standard InChI is InChI=1S/C39H57N9O13/c1-19-11-14-47(26(51)10-13-40)16-24(19)46(3)34-21-12-15-48(35(21)42-18-41-34)39(56)45-23-9-7-6-8-22(23)44-36(55)33-32(57-4)29(53)30(54)38(61-33)60-31-27(43-20(2)50)37(58-5)59-25(17-49)28(31)52/h12,15,18-19,22-25,27-33,37-38,49,52-54H,6-11,14,16-17H2,1-5H3,(H,43,50)(H,44,55)(H,45,56)/t19-,22?,23?,24+,25?,27?,28-,29?,30?,31?,32+,33?,37-,38-/m1/s1. The molecule has 2 aromatic rings. The van der Waals surface area contributed by atoms with E-state index < -0.39 is 97.9 Å². The fourth-order valence-electron chi connectivity index (χ4n) is 8.87. The largest absolute Gasteiger partial charge is 0.394 e. The zero-order valence-electron chi connectivity index (χ0n) is 34.8. The third-order valence-electron chi connectivity index (χ3n) is 12.2. The Morgan fingerprint density at radius 2 is 1.69 bits per heavy atom. The smallest absolute Gasteiger partial charge is 0.327 e. The summed E-state index contributed by atoms with van der Waals surface area (Å²) < 4.78 is 29.7. The molecule has 6 rings (SSSR count). The summed E-state index contributed by atoms with van der Waals surface area (Å²) in [5, 5.41) is 61.4. The molecule has 0 radical (unpaired) electrons. The molecule has 0 aromatic carbocycles. The Morgan fingerprint density at radius 1 is 0.967 bits per heavy atom. The van der Waals surface area contributed by atoms with Gasteiger partial charge in [0, 0.05) is 53.5 Å². The number of nitrogens with zero attached hydrogens (tertiary/aromatic N) is 6. The molecule has 8 unspecified atom stereocenters. The molecule has 4 amide bonds. The van der Waals surface area contributed by atoms with E-state index in [2.05, 4.69) is 32.8 Å². The van der Waals surface area contributed by atoms with Crippen LogP contribution in [0.25, 0.3) is 11.0 Å². The monoisotopic (exact) mass is 859 g/mol. The zero-order valence-corrected chi connectivity index (χ0v) is 34.8. The first kappa shape index (κ1) is 45.9. The first-order valence-electron chi connectivity index (χ1n) is 20.5. The maximum Gasteiger partial charge on any atom is 0.327 e. The number of rotatable bonds is 12. The van der Waals surface area contributed by atoms with Crippen molar-refractivity contribution in [2.24, 2.45) is 5.92 Å². The van der Waals surface area contributed by atoms with E-state index in [0.29, 0.717) is 42.8 Å². The first-order valence-corrected chi connectivity index (χ1v) is 20.5. The summed E-state index contributed by atoms with van der Waals surface area (Å²) in [5.41, 5.74) is 0.348. The second-order valence-electron chi connectivity index (χ2n) is 16.1. The van der Waals surface area contributed by atoms with Gasteiger partial charge in [0.15, 0.2) is 24.3 Å². The molecule has 4 aliphatic rings. The lowest BCUT2D eigenvalue weighted by atomic mass is 9.89. The summed E-state index contributed by atoms with van der Waals surface area (Å²) in [6.45, 7) is 3.65. The van der Waals surface area contributed by atoms with Crippen LogP contribution in [-0.4, -0.2) is 184 Å². The summed E-state index contributed by atoms with van der Waals surface area (Å²) >= 11 is 0. The van der Waals surface area contributed by atoms with Crippen LogP contribution in [0.2, 0.25) is 0 Å². The predicted octanol–water partition coefficient (Wildman–Crippen LogP) is -1.92. The van der Waals surface area contributed by atoms with Crippen molar-refractivity contribution in [3.05, 3.63) is 18.6 Å². The van der Waals surface area contributed by atoms with Gasteiger partial charge in [-0.15, -0.1) is 0 Å². The SMILES string of the molecule is CO[C@@H]1OC(CO)[C@@H](O)C(O[C@@H]2OC(C(=O)NC3CCCCC3NC(=O)n3ccc4c(N(C)[C@H]5CN(C(=O)CC#N)CC[C@H]5C)ncnc43)[C@@H](OC)C(O)C2O)C1NC(C)=O. The molecule has 3 aliphatic heterocycles. The number of carbonyl (C=O) groups excluding carboxylic acids is 4. The molecule has 2 aromatic heterocycles. The van der Waals surface area contributed by atoms with Gasteiger partial charge in [-0.25, -0.2) is 14.8 Å². The number of amides is 4. The molecular formula is C39H57N9O13. The van der Waals surface area contributed by atoms with Gasteiger partial charge >= 0.3 is 6.03 Å². The van der Waals surface area contributed by atoms with E-state index in [-0.39, 0.29) is 24.3 Å². The molecular weight excluding hydrogens is 802 g/mol. The van der Waals surface area contributed by atoms with Gasteiger partial charge in [-0.1, -0.05) is 19.8 Å². The number of aliphatic hydroxyl groups excluding tert-OH is 4. The number of likely N-dealkylation sites (tertiary alicyclic amines) is 1. The number of piperidine rings is 1. The van der Waals surface area contributed by atoms with Crippen LogP contribution in [0.5, 0.6) is 0 Å². The number of methoxy groups -OCH3 is 2. The minimum Gasteiger partial charge on any atom is -0.394 e. The molecule has 1 saturated carbocycles. The highest BCUT2D eigenvalue weighted by atomic mass is 16.7. The third-order valence-corrected chi connectivity index (χ3v) is 12.2. The van der Waals surface area contributed by atoms with Crippen LogP contribution in [0.4, 0.5) is 10.6 Å². The van der Waals surface area contributed by atoms with Crippen molar-refractivity contribution in [2.75, 3.05) is 45.9 Å². The second kappa shape index (κ2) is 20.1. The molecule has 7 N–H and O–H groups in total. The molecule has 5 heterocycles. The van der Waals surface area contributed by atoms with Gasteiger partial charge in [0.05, 0.1) is 30.1 Å².